The molecule has 1 unspecified atom stereocenters. The van der Waals surface area contributed by atoms with Crippen molar-refractivity contribution >= 4 is 0 Å². The number of aromatic nitrogens is 3. The Hall–Kier alpha value is -1.69. The van der Waals surface area contributed by atoms with Crippen LogP contribution in [0.3, 0.4) is 0 Å². The van der Waals surface area contributed by atoms with Crippen molar-refractivity contribution in [1.29, 1.82) is 0 Å². The highest BCUT2D eigenvalue weighted by Crippen LogP contribution is 2.37. The molecule has 0 aromatic carbocycles. The lowest BCUT2D eigenvalue weighted by Gasteiger charge is -2.28. The Morgan fingerprint density at radius 3 is 2.91 bits per heavy atom. The van der Waals surface area contributed by atoms with Crippen LogP contribution in [0.2, 0.25) is 0 Å². The lowest BCUT2D eigenvalue weighted by atomic mass is 9.76. The fourth-order valence-electron chi connectivity index (χ4n) is 3.80. The van der Waals surface area contributed by atoms with Crippen LogP contribution in [0.1, 0.15) is 61.3 Å². The second-order valence-corrected chi connectivity index (χ2v) is 7.76. The Bertz CT molecular complexity index is 703. The van der Waals surface area contributed by atoms with Crippen molar-refractivity contribution in [3.8, 4) is 0 Å². The van der Waals surface area contributed by atoms with E-state index >= 15 is 0 Å². The van der Waals surface area contributed by atoms with Crippen LogP contribution in [0, 0.1) is 12.3 Å². The summed E-state index contributed by atoms with van der Waals surface area (Å²) in [5, 5.41) is 8.43. The summed E-state index contributed by atoms with van der Waals surface area (Å²) in [5.41, 5.74) is 2.82. The molecule has 1 atom stereocenters. The quantitative estimate of drug-likeness (QED) is 0.867. The van der Waals surface area contributed by atoms with E-state index in [9.17, 15) is 0 Å². The Balaban J connectivity index is 1.45. The van der Waals surface area contributed by atoms with Crippen LogP contribution in [-0.4, -0.2) is 33.3 Å². The van der Waals surface area contributed by atoms with E-state index in [0.29, 0.717) is 17.2 Å². The number of rotatable bonds is 3. The van der Waals surface area contributed by atoms with Gasteiger partial charge in [-0.1, -0.05) is 24.2 Å². The van der Waals surface area contributed by atoms with Crippen LogP contribution in [0.15, 0.2) is 9.05 Å². The van der Waals surface area contributed by atoms with E-state index < -0.39 is 0 Å². The first-order chi connectivity index (χ1) is 11.0. The summed E-state index contributed by atoms with van der Waals surface area (Å²) < 4.78 is 10.7. The van der Waals surface area contributed by atoms with Gasteiger partial charge in [0, 0.05) is 37.9 Å². The third-order valence-electron chi connectivity index (χ3n) is 5.19. The SMILES string of the molecule is Cc1nc(C2CCN(Cc3noc4c3CC(C)(C)CC4)C2)no1. The minimum absolute atomic E-state index is 0.350. The summed E-state index contributed by atoms with van der Waals surface area (Å²) in [7, 11) is 0. The largest absolute Gasteiger partial charge is 0.361 e. The molecule has 6 nitrogen and oxygen atoms in total. The van der Waals surface area contributed by atoms with Gasteiger partial charge in [0.2, 0.25) is 5.89 Å². The Morgan fingerprint density at radius 2 is 2.13 bits per heavy atom. The van der Waals surface area contributed by atoms with Crippen LogP contribution < -0.4 is 0 Å². The van der Waals surface area contributed by atoms with Crippen molar-refractivity contribution in [1.82, 2.24) is 20.2 Å². The lowest BCUT2D eigenvalue weighted by Crippen LogP contribution is -2.25. The van der Waals surface area contributed by atoms with Gasteiger partial charge < -0.3 is 9.05 Å². The van der Waals surface area contributed by atoms with Crippen LogP contribution >= 0.6 is 0 Å². The van der Waals surface area contributed by atoms with Crippen molar-refractivity contribution in [3.05, 3.63) is 28.7 Å². The lowest BCUT2D eigenvalue weighted by molar-refractivity contribution is 0.281. The third-order valence-corrected chi connectivity index (χ3v) is 5.19. The molecule has 0 radical (unpaired) electrons. The van der Waals surface area contributed by atoms with Crippen molar-refractivity contribution in [2.75, 3.05) is 13.1 Å². The van der Waals surface area contributed by atoms with E-state index in [-0.39, 0.29) is 0 Å². The van der Waals surface area contributed by atoms with Crippen molar-refractivity contribution in [2.24, 2.45) is 5.41 Å². The number of hydrogen-bond acceptors (Lipinski definition) is 6. The summed E-state index contributed by atoms with van der Waals surface area (Å²) in [5.74, 6) is 2.95. The molecule has 23 heavy (non-hydrogen) atoms. The predicted molar refractivity (Wildman–Crippen MR) is 84.0 cm³/mol. The van der Waals surface area contributed by atoms with Gasteiger partial charge in [0.25, 0.3) is 0 Å². The molecule has 2 aromatic rings. The highest BCUT2D eigenvalue weighted by atomic mass is 16.5. The van der Waals surface area contributed by atoms with Crippen molar-refractivity contribution < 1.29 is 9.05 Å². The van der Waals surface area contributed by atoms with Gasteiger partial charge in [-0.05, 0) is 31.2 Å². The van der Waals surface area contributed by atoms with Gasteiger partial charge in [0.15, 0.2) is 5.82 Å². The maximum atomic E-state index is 5.59. The average molecular weight is 316 g/mol. The molecule has 0 amide bonds. The first-order valence-corrected chi connectivity index (χ1v) is 8.49. The maximum absolute atomic E-state index is 5.59. The van der Waals surface area contributed by atoms with E-state index in [1.165, 1.54) is 12.0 Å². The molecule has 1 saturated heterocycles. The molecule has 2 aliphatic rings. The molecule has 1 fully saturated rings. The topological polar surface area (TPSA) is 68.2 Å². The van der Waals surface area contributed by atoms with Crippen molar-refractivity contribution in [2.45, 2.75) is 58.9 Å². The molecule has 1 aliphatic heterocycles. The third kappa shape index (κ3) is 2.92. The number of likely N-dealkylation sites (tertiary alicyclic amines) is 1. The zero-order valence-electron chi connectivity index (χ0n) is 14.1. The highest BCUT2D eigenvalue weighted by Gasteiger charge is 2.33. The molecule has 0 saturated carbocycles. The molecule has 0 N–H and O–H groups in total. The van der Waals surface area contributed by atoms with Crippen LogP contribution in [0.5, 0.6) is 0 Å². The summed E-state index contributed by atoms with van der Waals surface area (Å²) in [6, 6.07) is 0. The van der Waals surface area contributed by atoms with Crippen molar-refractivity contribution in [3.63, 3.8) is 0 Å². The molecule has 0 bridgehead atoms. The molecule has 1 aliphatic carbocycles. The minimum Gasteiger partial charge on any atom is -0.361 e. The fraction of sp³-hybridized carbons (Fsp3) is 0.706. The fourth-order valence-corrected chi connectivity index (χ4v) is 3.80. The van der Waals surface area contributed by atoms with E-state index in [1.54, 1.807) is 0 Å². The van der Waals surface area contributed by atoms with E-state index in [1.807, 2.05) is 6.92 Å². The zero-order chi connectivity index (χ0) is 16.0. The van der Waals surface area contributed by atoms with E-state index in [0.717, 1.165) is 56.2 Å². The zero-order valence-corrected chi connectivity index (χ0v) is 14.1. The van der Waals surface area contributed by atoms with Crippen LogP contribution in [0.25, 0.3) is 0 Å². The molecule has 6 heteroatoms. The standard InChI is InChI=1S/C17H24N4O2/c1-11-18-16(20-22-11)12-5-7-21(9-12)10-14-13-8-17(2,3)6-4-15(13)23-19-14/h12H,4-10H2,1-3H3. The molecule has 3 heterocycles. The highest BCUT2D eigenvalue weighted by molar-refractivity contribution is 5.27. The van der Waals surface area contributed by atoms with Gasteiger partial charge in [0.05, 0.1) is 0 Å². The van der Waals surface area contributed by atoms with E-state index in [4.69, 9.17) is 9.05 Å². The summed E-state index contributed by atoms with van der Waals surface area (Å²) in [6.45, 7) is 9.37. The Morgan fingerprint density at radius 1 is 1.26 bits per heavy atom. The first-order valence-electron chi connectivity index (χ1n) is 8.49. The van der Waals surface area contributed by atoms with E-state index in [2.05, 4.69) is 34.0 Å². The molecule has 0 spiro atoms. The molecule has 124 valence electrons. The number of hydrogen-bond donors (Lipinski definition) is 0. The Kier molecular flexibility index (Phi) is 3.52. The number of nitrogens with zero attached hydrogens (tertiary/aromatic N) is 4. The normalized spacial score (nSPS) is 24.0. The minimum atomic E-state index is 0.350. The smallest absolute Gasteiger partial charge is 0.223 e. The van der Waals surface area contributed by atoms with Gasteiger partial charge in [-0.15, -0.1) is 0 Å². The maximum Gasteiger partial charge on any atom is 0.223 e. The summed E-state index contributed by atoms with van der Waals surface area (Å²) in [6.07, 6.45) is 4.34. The molecule has 4 rings (SSSR count). The van der Waals surface area contributed by atoms with Gasteiger partial charge in [-0.3, -0.25) is 4.90 Å². The second-order valence-electron chi connectivity index (χ2n) is 7.76. The van der Waals surface area contributed by atoms with Crippen LogP contribution in [-0.2, 0) is 19.4 Å². The second kappa shape index (κ2) is 5.44. The van der Waals surface area contributed by atoms with Gasteiger partial charge >= 0.3 is 0 Å². The predicted octanol–water partition coefficient (Wildman–Crippen LogP) is 2.87. The molecular formula is C17H24N4O2. The average Bonchev–Trinajstić information content (AvgIpc) is 3.20. The first kappa shape index (κ1) is 14.9. The molecular weight excluding hydrogens is 292 g/mol. The summed E-state index contributed by atoms with van der Waals surface area (Å²) in [4.78, 5) is 6.80. The van der Waals surface area contributed by atoms with Crippen LogP contribution in [0.4, 0.5) is 0 Å². The number of aryl methyl sites for hydroxylation is 2. The van der Waals surface area contributed by atoms with Gasteiger partial charge in [-0.25, -0.2) is 0 Å². The molecule has 2 aromatic heterocycles. The monoisotopic (exact) mass is 316 g/mol. The van der Waals surface area contributed by atoms with Gasteiger partial charge in [-0.2, -0.15) is 4.98 Å². The Labute approximate surface area is 136 Å². The summed E-state index contributed by atoms with van der Waals surface area (Å²) >= 11 is 0. The van der Waals surface area contributed by atoms with Gasteiger partial charge in [0.1, 0.15) is 11.5 Å². The number of fused-ring (bicyclic) bond motifs is 1.